The zero-order valence-corrected chi connectivity index (χ0v) is 18.5. The van der Waals surface area contributed by atoms with E-state index in [0.29, 0.717) is 11.3 Å². The first-order valence-corrected chi connectivity index (χ1v) is 10.1. The van der Waals surface area contributed by atoms with Gasteiger partial charge in [-0.15, -0.1) is 12.4 Å². The normalized spacial score (nSPS) is 17.7. The average molecular weight is 444 g/mol. The highest BCUT2D eigenvalue weighted by atomic mass is 35.5. The lowest BCUT2D eigenvalue weighted by molar-refractivity contribution is -0.129. The van der Waals surface area contributed by atoms with Gasteiger partial charge < -0.3 is 9.64 Å². The lowest BCUT2D eigenvalue weighted by Crippen LogP contribution is -2.31. The predicted octanol–water partition coefficient (Wildman–Crippen LogP) is 5.18. The molecule has 1 fully saturated rings. The Hall–Kier alpha value is -2.76. The molecule has 2 aromatic rings. The number of halogens is 2. The molecule has 164 valence electrons. The van der Waals surface area contributed by atoms with Crippen molar-refractivity contribution in [2.45, 2.75) is 19.3 Å². The molecule has 1 unspecified atom stereocenters. The first-order chi connectivity index (χ1) is 14.4. The standard InChI is InChI=1S/C25H26FNO3.ClH/c1-27(2)17-21-5-3-4-20(25(21)29)16-19-8-13-23(14-9-19)30-24(28)15-10-18-6-11-22(26)12-7-18;/h6-16,21H,3-5,17H2,1-2H3;1H/b15-10+,20-16+;. The molecule has 0 amide bonds. The smallest absolute Gasteiger partial charge is 0.336 e. The summed E-state index contributed by atoms with van der Waals surface area (Å²) in [6.07, 6.45) is 7.56. The van der Waals surface area contributed by atoms with Gasteiger partial charge in [-0.05, 0) is 86.5 Å². The van der Waals surface area contributed by atoms with E-state index in [-0.39, 0.29) is 29.9 Å². The SMILES string of the molecule is CN(C)CC1CCC/C(=C\c2ccc(OC(=O)/C=C/c3ccc(F)cc3)cc2)C1=O.Cl. The Balaban J connectivity index is 0.00000341. The Labute approximate surface area is 188 Å². The fourth-order valence-electron chi connectivity index (χ4n) is 3.54. The summed E-state index contributed by atoms with van der Waals surface area (Å²) in [7, 11) is 3.97. The van der Waals surface area contributed by atoms with Crippen molar-refractivity contribution in [3.8, 4) is 5.75 Å². The maximum atomic E-state index is 12.9. The van der Waals surface area contributed by atoms with E-state index in [1.807, 2.05) is 32.3 Å². The molecule has 0 N–H and O–H groups in total. The van der Waals surface area contributed by atoms with Crippen LogP contribution in [-0.2, 0) is 9.59 Å². The van der Waals surface area contributed by atoms with Gasteiger partial charge in [-0.1, -0.05) is 24.3 Å². The van der Waals surface area contributed by atoms with Crippen LogP contribution in [0.4, 0.5) is 4.39 Å². The number of nitrogens with zero attached hydrogens (tertiary/aromatic N) is 1. The van der Waals surface area contributed by atoms with Gasteiger partial charge in [0, 0.05) is 18.5 Å². The highest BCUT2D eigenvalue weighted by molar-refractivity contribution is 6.01. The number of carbonyl (C=O) groups excluding carboxylic acids is 2. The summed E-state index contributed by atoms with van der Waals surface area (Å²) in [4.78, 5) is 26.7. The molecule has 2 aromatic carbocycles. The molecule has 0 radical (unpaired) electrons. The zero-order chi connectivity index (χ0) is 21.5. The van der Waals surface area contributed by atoms with Crippen LogP contribution in [0.1, 0.15) is 30.4 Å². The third-order valence-corrected chi connectivity index (χ3v) is 4.99. The van der Waals surface area contributed by atoms with E-state index < -0.39 is 5.97 Å². The highest BCUT2D eigenvalue weighted by Gasteiger charge is 2.26. The molecule has 0 saturated heterocycles. The highest BCUT2D eigenvalue weighted by Crippen LogP contribution is 2.27. The van der Waals surface area contributed by atoms with Crippen LogP contribution in [0, 0.1) is 11.7 Å². The van der Waals surface area contributed by atoms with Crippen molar-refractivity contribution in [2.24, 2.45) is 5.92 Å². The van der Waals surface area contributed by atoms with Gasteiger partial charge >= 0.3 is 5.97 Å². The van der Waals surface area contributed by atoms with Gasteiger partial charge in [0.05, 0.1) is 0 Å². The maximum absolute atomic E-state index is 12.9. The fraction of sp³-hybridized carbons (Fsp3) is 0.280. The van der Waals surface area contributed by atoms with Crippen LogP contribution in [0.3, 0.4) is 0 Å². The van der Waals surface area contributed by atoms with Gasteiger partial charge in [0.15, 0.2) is 5.78 Å². The largest absolute Gasteiger partial charge is 0.423 e. The van der Waals surface area contributed by atoms with E-state index in [4.69, 9.17) is 4.74 Å². The fourth-order valence-corrected chi connectivity index (χ4v) is 3.54. The molecule has 1 aliphatic carbocycles. The Kier molecular flexibility index (Phi) is 9.16. The van der Waals surface area contributed by atoms with Crippen molar-refractivity contribution in [3.63, 3.8) is 0 Å². The van der Waals surface area contributed by atoms with Crippen LogP contribution in [0.5, 0.6) is 5.75 Å². The van der Waals surface area contributed by atoms with Gasteiger partial charge in [-0.25, -0.2) is 9.18 Å². The van der Waals surface area contributed by atoms with Crippen LogP contribution in [0.25, 0.3) is 12.2 Å². The van der Waals surface area contributed by atoms with Crippen LogP contribution in [0.15, 0.2) is 60.2 Å². The number of allylic oxidation sites excluding steroid dienone is 1. The number of benzene rings is 2. The molecule has 4 nitrogen and oxygen atoms in total. The summed E-state index contributed by atoms with van der Waals surface area (Å²) in [5.41, 5.74) is 2.48. The second kappa shape index (κ2) is 11.6. The van der Waals surface area contributed by atoms with E-state index in [1.165, 1.54) is 18.2 Å². The maximum Gasteiger partial charge on any atom is 0.336 e. The Morgan fingerprint density at radius 1 is 1.10 bits per heavy atom. The lowest BCUT2D eigenvalue weighted by Gasteiger charge is -2.25. The number of ether oxygens (including phenoxy) is 1. The van der Waals surface area contributed by atoms with E-state index in [0.717, 1.165) is 36.9 Å². The molecule has 0 spiro atoms. The van der Waals surface area contributed by atoms with Gasteiger partial charge in [0.25, 0.3) is 0 Å². The number of hydrogen-bond donors (Lipinski definition) is 0. The van der Waals surface area contributed by atoms with Gasteiger partial charge in [-0.2, -0.15) is 0 Å². The van der Waals surface area contributed by atoms with Crippen LogP contribution in [0.2, 0.25) is 0 Å². The zero-order valence-electron chi connectivity index (χ0n) is 17.7. The van der Waals surface area contributed by atoms with Crippen molar-refractivity contribution in [1.29, 1.82) is 0 Å². The summed E-state index contributed by atoms with van der Waals surface area (Å²) >= 11 is 0. The van der Waals surface area contributed by atoms with Crippen molar-refractivity contribution >= 4 is 36.3 Å². The van der Waals surface area contributed by atoms with Crippen molar-refractivity contribution < 1.29 is 18.7 Å². The quantitative estimate of drug-likeness (QED) is 0.350. The molecule has 0 heterocycles. The Morgan fingerprint density at radius 3 is 2.39 bits per heavy atom. The monoisotopic (exact) mass is 443 g/mol. The van der Waals surface area contributed by atoms with E-state index in [9.17, 15) is 14.0 Å². The number of esters is 1. The molecule has 3 rings (SSSR count). The van der Waals surface area contributed by atoms with Crippen molar-refractivity contribution in [2.75, 3.05) is 20.6 Å². The molecule has 0 aromatic heterocycles. The molecule has 31 heavy (non-hydrogen) atoms. The van der Waals surface area contributed by atoms with E-state index in [2.05, 4.69) is 4.90 Å². The first-order valence-electron chi connectivity index (χ1n) is 10.1. The Bertz CT molecular complexity index is 950. The summed E-state index contributed by atoms with van der Waals surface area (Å²) in [5, 5.41) is 0. The van der Waals surface area contributed by atoms with E-state index in [1.54, 1.807) is 30.3 Å². The number of ketones is 1. The third-order valence-electron chi connectivity index (χ3n) is 4.99. The van der Waals surface area contributed by atoms with Gasteiger partial charge in [0.1, 0.15) is 11.6 Å². The molecular formula is C25H27ClFNO3. The lowest BCUT2D eigenvalue weighted by atomic mass is 9.83. The average Bonchev–Trinajstić information content (AvgIpc) is 2.72. The predicted molar refractivity (Wildman–Crippen MR) is 124 cm³/mol. The summed E-state index contributed by atoms with van der Waals surface area (Å²) in [5.74, 6) is -0.122. The van der Waals surface area contributed by atoms with Gasteiger partial charge in [0.2, 0.25) is 0 Å². The van der Waals surface area contributed by atoms with Crippen LogP contribution < -0.4 is 4.74 Å². The summed E-state index contributed by atoms with van der Waals surface area (Å²) in [6.45, 7) is 0.774. The van der Waals surface area contributed by atoms with Crippen LogP contribution >= 0.6 is 12.4 Å². The number of carbonyl (C=O) groups is 2. The topological polar surface area (TPSA) is 46.6 Å². The second-order valence-electron chi connectivity index (χ2n) is 7.76. The molecule has 1 atom stereocenters. The molecule has 1 saturated carbocycles. The Morgan fingerprint density at radius 2 is 1.74 bits per heavy atom. The van der Waals surface area contributed by atoms with E-state index >= 15 is 0 Å². The number of hydrogen-bond acceptors (Lipinski definition) is 4. The minimum atomic E-state index is -0.514. The molecule has 1 aliphatic rings. The first kappa shape index (κ1) is 24.5. The molecule has 6 heteroatoms. The summed E-state index contributed by atoms with van der Waals surface area (Å²) in [6, 6.07) is 12.9. The van der Waals surface area contributed by atoms with Crippen molar-refractivity contribution in [1.82, 2.24) is 4.90 Å². The molecule has 0 aliphatic heterocycles. The third kappa shape index (κ3) is 7.46. The molecule has 0 bridgehead atoms. The minimum absolute atomic E-state index is 0. The second-order valence-corrected chi connectivity index (χ2v) is 7.76. The van der Waals surface area contributed by atoms with Gasteiger partial charge in [-0.3, -0.25) is 4.79 Å². The number of rotatable bonds is 6. The van der Waals surface area contributed by atoms with Crippen LogP contribution in [-0.4, -0.2) is 37.3 Å². The number of Topliss-reactive ketones (excluding diaryl/α,β-unsaturated/α-hetero) is 1. The molecular weight excluding hydrogens is 417 g/mol. The van der Waals surface area contributed by atoms with Crippen molar-refractivity contribution in [3.05, 3.63) is 77.1 Å². The minimum Gasteiger partial charge on any atom is -0.423 e. The summed E-state index contributed by atoms with van der Waals surface area (Å²) < 4.78 is 18.2.